The zero-order valence-corrected chi connectivity index (χ0v) is 21.5. The number of ketones is 1. The largest absolute Gasteiger partial charge is 0.478 e. The van der Waals surface area contributed by atoms with Gasteiger partial charge in [-0.05, 0) is 13.8 Å². The number of nitrogen functional groups attached to an aromatic ring is 1. The number of nitrogens with two attached hydrogens (primary N) is 1. The van der Waals surface area contributed by atoms with E-state index in [1.165, 1.54) is 35.9 Å². The van der Waals surface area contributed by atoms with Gasteiger partial charge in [0.1, 0.15) is 11.4 Å². The summed E-state index contributed by atoms with van der Waals surface area (Å²) >= 11 is 2.45. The molecule has 2 aliphatic heterocycles. The first-order chi connectivity index (χ1) is 17.5. The average Bonchev–Trinajstić information content (AvgIpc) is 3.28. The van der Waals surface area contributed by atoms with Gasteiger partial charge in [0, 0.05) is 35.3 Å². The molecule has 0 radical (unpaired) electrons. The predicted octanol–water partition coefficient (Wildman–Crippen LogP) is 1.13. The van der Waals surface area contributed by atoms with Crippen LogP contribution < -0.4 is 10.3 Å². The number of thioether (sulfide) groups is 1. The number of Topliss-reactive ketones (excluding diaryl/α,β-unsaturated/α-hetero) is 1. The van der Waals surface area contributed by atoms with Crippen LogP contribution in [0.3, 0.4) is 0 Å². The maximum Gasteiger partial charge on any atom is 0.352 e. The zero-order valence-electron chi connectivity index (χ0n) is 19.9. The number of β-lactam (4-membered cyclic amide) rings is 1. The summed E-state index contributed by atoms with van der Waals surface area (Å²) in [5.74, 6) is -3.99. The number of carbonyl (C=O) groups excluding carboxylic acids is 2. The maximum atomic E-state index is 13.2. The number of aliphatic carboxylic acids is 2. The molecule has 4 N–H and O–H groups in total. The van der Waals surface area contributed by atoms with Crippen molar-refractivity contribution >= 4 is 57.6 Å². The summed E-state index contributed by atoms with van der Waals surface area (Å²) < 4.78 is 1.82. The fraction of sp³-hybridized carbons (Fsp3) is 0.348. The number of pyridine rings is 1. The Bertz CT molecular complexity index is 1320. The van der Waals surface area contributed by atoms with E-state index in [1.54, 1.807) is 0 Å². The molecule has 0 spiro atoms. The Balaban J connectivity index is 1.55. The molecule has 0 bridgehead atoms. The molecular weight excluding hydrogens is 522 g/mol. The molecule has 1 amide bonds. The second-order valence-corrected chi connectivity index (χ2v) is 10.9. The van der Waals surface area contributed by atoms with Crippen molar-refractivity contribution in [2.75, 3.05) is 11.5 Å². The van der Waals surface area contributed by atoms with E-state index in [4.69, 9.17) is 10.6 Å². The number of fused-ring (bicyclic) bond motifs is 1. The quantitative estimate of drug-likeness (QED) is 0.169. The van der Waals surface area contributed by atoms with Crippen molar-refractivity contribution in [1.29, 1.82) is 0 Å². The molecule has 2 aromatic heterocycles. The van der Waals surface area contributed by atoms with Crippen molar-refractivity contribution < 1.29 is 38.8 Å². The number of nitrogens with zero attached hydrogens (tertiary/aromatic N) is 4. The molecule has 14 heteroatoms. The molecule has 194 valence electrons. The van der Waals surface area contributed by atoms with Crippen LogP contribution in [0.5, 0.6) is 0 Å². The molecule has 4 rings (SSSR count). The summed E-state index contributed by atoms with van der Waals surface area (Å²) in [6.45, 7) is 2.86. The fourth-order valence-corrected chi connectivity index (χ4v) is 5.78. The lowest BCUT2D eigenvalue weighted by Gasteiger charge is -2.49. The number of amides is 1. The Labute approximate surface area is 219 Å². The Hall–Kier alpha value is -3.78. The minimum atomic E-state index is -1.72. The number of carboxylic acids is 2. The monoisotopic (exact) mass is 546 g/mol. The molecule has 1 fully saturated rings. The third kappa shape index (κ3) is 5.34. The van der Waals surface area contributed by atoms with E-state index in [9.17, 15) is 29.4 Å². The normalized spacial score (nSPS) is 19.8. The predicted molar refractivity (Wildman–Crippen MR) is 133 cm³/mol. The van der Waals surface area contributed by atoms with E-state index in [-0.39, 0.29) is 28.7 Å². The van der Waals surface area contributed by atoms with Gasteiger partial charge in [0.15, 0.2) is 35.6 Å². The van der Waals surface area contributed by atoms with Crippen LogP contribution in [0, 0.1) is 5.92 Å². The van der Waals surface area contributed by atoms with Crippen LogP contribution in [-0.4, -0.2) is 66.2 Å². The average molecular weight is 547 g/mol. The highest BCUT2D eigenvalue weighted by Crippen LogP contribution is 2.45. The van der Waals surface area contributed by atoms with Crippen LogP contribution >= 0.6 is 23.1 Å². The highest BCUT2D eigenvalue weighted by atomic mass is 32.2. The Morgan fingerprint density at radius 3 is 2.57 bits per heavy atom. The van der Waals surface area contributed by atoms with Crippen molar-refractivity contribution in [3.8, 4) is 0 Å². The van der Waals surface area contributed by atoms with Crippen molar-refractivity contribution in [2.45, 2.75) is 37.8 Å². The molecule has 12 nitrogen and oxygen atoms in total. The van der Waals surface area contributed by atoms with Crippen LogP contribution in [0.1, 0.15) is 26.0 Å². The number of hydrogen-bond donors (Lipinski definition) is 3. The SMILES string of the molecule is CC(C)(O/N=C(\C(=O)C[C@@H]1C(=O)N2C(C(=O)O)=C(C[n+]3ccccc3)CSC12)c1csc(N)n1)C(=O)O. The number of oxime groups is 1. The van der Waals surface area contributed by atoms with Gasteiger partial charge < -0.3 is 20.8 Å². The molecule has 2 aromatic rings. The highest BCUT2D eigenvalue weighted by Gasteiger charge is 2.54. The molecule has 0 saturated carbocycles. The summed E-state index contributed by atoms with van der Waals surface area (Å²) in [7, 11) is 0. The molecule has 1 unspecified atom stereocenters. The number of carbonyl (C=O) groups is 4. The summed E-state index contributed by atoms with van der Waals surface area (Å²) in [6.07, 6.45) is 3.33. The topological polar surface area (TPSA) is 176 Å². The lowest BCUT2D eigenvalue weighted by Crippen LogP contribution is -2.62. The summed E-state index contributed by atoms with van der Waals surface area (Å²) in [6, 6.07) is 5.50. The van der Waals surface area contributed by atoms with Crippen LogP contribution in [-0.2, 0) is 30.6 Å². The van der Waals surface area contributed by atoms with Gasteiger partial charge >= 0.3 is 11.9 Å². The zero-order chi connectivity index (χ0) is 26.9. The molecular formula is C23H24N5O7S2+. The number of hydrogen-bond acceptors (Lipinski definition) is 10. The van der Waals surface area contributed by atoms with E-state index < -0.39 is 40.5 Å². The van der Waals surface area contributed by atoms with Crippen molar-refractivity contribution in [1.82, 2.24) is 9.88 Å². The third-order valence-electron chi connectivity index (χ3n) is 5.82. The number of aromatic nitrogens is 2. The number of anilines is 1. The molecule has 4 heterocycles. The Morgan fingerprint density at radius 2 is 1.97 bits per heavy atom. The highest BCUT2D eigenvalue weighted by molar-refractivity contribution is 8.00. The van der Waals surface area contributed by atoms with Crippen LogP contribution in [0.4, 0.5) is 5.13 Å². The molecule has 2 aliphatic rings. The van der Waals surface area contributed by atoms with Gasteiger partial charge in [0.05, 0.1) is 11.3 Å². The van der Waals surface area contributed by atoms with E-state index in [2.05, 4.69) is 10.1 Å². The van der Waals surface area contributed by atoms with E-state index in [0.717, 1.165) is 11.3 Å². The van der Waals surface area contributed by atoms with Gasteiger partial charge in [0.25, 0.3) is 0 Å². The van der Waals surface area contributed by atoms with Crippen molar-refractivity contribution in [2.24, 2.45) is 11.1 Å². The van der Waals surface area contributed by atoms with Gasteiger partial charge in [-0.1, -0.05) is 11.2 Å². The lowest BCUT2D eigenvalue weighted by molar-refractivity contribution is -0.689. The van der Waals surface area contributed by atoms with Gasteiger partial charge in [-0.3, -0.25) is 14.5 Å². The third-order valence-corrected chi connectivity index (χ3v) is 7.89. The Kier molecular flexibility index (Phi) is 7.32. The molecule has 0 aliphatic carbocycles. The second kappa shape index (κ2) is 10.3. The van der Waals surface area contributed by atoms with Gasteiger partial charge in [-0.2, -0.15) is 0 Å². The first-order valence-electron chi connectivity index (χ1n) is 11.1. The van der Waals surface area contributed by atoms with Crippen LogP contribution in [0.25, 0.3) is 0 Å². The Morgan fingerprint density at radius 1 is 1.27 bits per heavy atom. The summed E-state index contributed by atoms with van der Waals surface area (Å²) in [5.41, 5.74) is 4.33. The first-order valence-corrected chi connectivity index (χ1v) is 13.0. The fourth-order valence-electron chi connectivity index (χ4n) is 3.83. The summed E-state index contributed by atoms with van der Waals surface area (Å²) in [4.78, 5) is 60.2. The number of thiazole rings is 1. The first kappa shape index (κ1) is 26.3. The second-order valence-electron chi connectivity index (χ2n) is 8.87. The standard InChI is InChI=1S/C23H23N5O7S2/c1-23(2,21(33)34)35-26-16(14-11-37-22(24)25-14)15(29)8-13-18(30)28-17(20(31)32)12(10-36-19(13)28)9-27-6-4-3-5-7-27/h3-7,11,13,19H,8-10H2,1-2H3,(H3-,24,25,31,32,33,34)/p+1/b26-16-/t13-,19?/m1/s1. The van der Waals surface area contributed by atoms with Crippen LogP contribution in [0.2, 0.25) is 0 Å². The maximum absolute atomic E-state index is 13.2. The molecule has 37 heavy (non-hydrogen) atoms. The molecule has 2 atom stereocenters. The van der Waals surface area contributed by atoms with Gasteiger partial charge in [0.2, 0.25) is 11.5 Å². The molecule has 1 saturated heterocycles. The van der Waals surface area contributed by atoms with Crippen molar-refractivity contribution in [3.63, 3.8) is 0 Å². The van der Waals surface area contributed by atoms with Gasteiger partial charge in [-0.25, -0.2) is 19.1 Å². The summed E-state index contributed by atoms with van der Waals surface area (Å²) in [5, 5.41) is 24.1. The minimum Gasteiger partial charge on any atom is -0.478 e. The van der Waals surface area contributed by atoms with Crippen LogP contribution in [0.15, 0.2) is 52.4 Å². The number of carboxylic acid groups (broad SMARTS) is 2. The van der Waals surface area contributed by atoms with E-state index in [0.29, 0.717) is 17.9 Å². The van der Waals surface area contributed by atoms with Gasteiger partial charge in [-0.15, -0.1) is 23.1 Å². The smallest absolute Gasteiger partial charge is 0.352 e. The van der Waals surface area contributed by atoms with E-state index >= 15 is 0 Å². The number of rotatable bonds is 10. The van der Waals surface area contributed by atoms with E-state index in [1.807, 2.05) is 35.2 Å². The minimum absolute atomic E-state index is 0.0680. The van der Waals surface area contributed by atoms with Crippen molar-refractivity contribution in [3.05, 3.63) is 52.9 Å². The molecule has 0 aromatic carbocycles. The lowest BCUT2D eigenvalue weighted by atomic mass is 9.89.